The van der Waals surface area contributed by atoms with Gasteiger partial charge in [0, 0.05) is 27.1 Å². The highest BCUT2D eigenvalue weighted by atomic mass is 19.4. The number of hydrogen-bond acceptors (Lipinski definition) is 1. The van der Waals surface area contributed by atoms with Gasteiger partial charge in [0.15, 0.2) is 0 Å². The summed E-state index contributed by atoms with van der Waals surface area (Å²) in [6.07, 6.45) is -25.2. The van der Waals surface area contributed by atoms with Crippen LogP contribution in [0, 0.1) is 11.3 Å². The highest BCUT2D eigenvalue weighted by Gasteiger charge is 2.38. The fraction of sp³-hybridized carbons (Fsp3) is 0.119. The molecule has 2 heterocycles. The van der Waals surface area contributed by atoms with Crippen molar-refractivity contribution in [3.05, 3.63) is 143 Å². The summed E-state index contributed by atoms with van der Waals surface area (Å²) in [5.74, 6) is 0. The van der Waals surface area contributed by atoms with Crippen LogP contribution in [0.3, 0.4) is 0 Å². The molecule has 18 heteroatoms. The van der Waals surface area contributed by atoms with E-state index in [0.29, 0.717) is 54.6 Å². The molecule has 306 valence electrons. The highest BCUT2D eigenvalue weighted by Crippen LogP contribution is 2.48. The van der Waals surface area contributed by atoms with Crippen molar-refractivity contribution in [1.29, 1.82) is 5.26 Å². The van der Waals surface area contributed by atoms with Gasteiger partial charge in [-0.2, -0.15) is 71.1 Å². The first kappa shape index (κ1) is 40.2. The maximum Gasteiger partial charge on any atom is 0.417 e. The molecular formula is C42H18F15N3. The number of fused-ring (bicyclic) bond motifs is 6. The van der Waals surface area contributed by atoms with E-state index in [9.17, 15) is 71.1 Å². The molecular weight excluding hydrogens is 831 g/mol. The quantitative estimate of drug-likeness (QED) is 0.163. The van der Waals surface area contributed by atoms with Gasteiger partial charge in [-0.25, -0.2) is 0 Å². The van der Waals surface area contributed by atoms with E-state index in [-0.39, 0.29) is 27.6 Å². The number of nitrogens with zero attached hydrogens (tertiary/aromatic N) is 3. The van der Waals surface area contributed by atoms with Gasteiger partial charge in [0.1, 0.15) is 0 Å². The number of nitriles is 1. The lowest BCUT2D eigenvalue weighted by Gasteiger charge is -2.23. The van der Waals surface area contributed by atoms with Gasteiger partial charge < -0.3 is 9.13 Å². The molecule has 8 rings (SSSR count). The van der Waals surface area contributed by atoms with Crippen molar-refractivity contribution in [1.82, 2.24) is 9.13 Å². The van der Waals surface area contributed by atoms with Crippen LogP contribution in [-0.2, 0) is 30.9 Å². The molecule has 60 heavy (non-hydrogen) atoms. The lowest BCUT2D eigenvalue weighted by molar-refractivity contribution is -0.138. The summed E-state index contributed by atoms with van der Waals surface area (Å²) in [7, 11) is 0. The zero-order chi connectivity index (χ0) is 43.5. The molecule has 0 bridgehead atoms. The highest BCUT2D eigenvalue weighted by molar-refractivity contribution is 6.12. The predicted molar refractivity (Wildman–Crippen MR) is 190 cm³/mol. The van der Waals surface area contributed by atoms with E-state index >= 15 is 0 Å². The maximum absolute atomic E-state index is 15.0. The summed E-state index contributed by atoms with van der Waals surface area (Å²) in [4.78, 5) is 0. The number of halogens is 15. The smallest absolute Gasteiger partial charge is 0.308 e. The number of hydrogen-bond donors (Lipinski definition) is 0. The van der Waals surface area contributed by atoms with Gasteiger partial charge in [0.25, 0.3) is 0 Å². The Bertz CT molecular complexity index is 2780. The van der Waals surface area contributed by atoms with Gasteiger partial charge in [-0.15, -0.1) is 0 Å². The molecule has 3 nitrogen and oxygen atoms in total. The summed E-state index contributed by atoms with van der Waals surface area (Å²) in [6.45, 7) is 0. The van der Waals surface area contributed by atoms with Crippen molar-refractivity contribution in [3.63, 3.8) is 0 Å². The minimum absolute atomic E-state index is 0.268. The molecule has 0 unspecified atom stereocenters. The Morgan fingerprint density at radius 1 is 0.383 bits per heavy atom. The molecule has 0 spiro atoms. The van der Waals surface area contributed by atoms with Crippen molar-refractivity contribution in [2.75, 3.05) is 0 Å². The van der Waals surface area contributed by atoms with E-state index in [4.69, 9.17) is 0 Å². The lowest BCUT2D eigenvalue weighted by Crippen LogP contribution is -2.11. The Balaban J connectivity index is 1.61. The number of alkyl halides is 15. The van der Waals surface area contributed by atoms with Gasteiger partial charge in [0.2, 0.25) is 0 Å². The Kier molecular flexibility index (Phi) is 8.82. The molecule has 0 amide bonds. The first-order valence-corrected chi connectivity index (χ1v) is 17.1. The number of benzene rings is 6. The topological polar surface area (TPSA) is 33.6 Å². The van der Waals surface area contributed by atoms with Gasteiger partial charge >= 0.3 is 30.9 Å². The summed E-state index contributed by atoms with van der Waals surface area (Å²) < 4.78 is 216. The molecule has 2 aromatic heterocycles. The average Bonchev–Trinajstić information content (AvgIpc) is 3.67. The lowest BCUT2D eigenvalue weighted by atomic mass is 9.94. The SMILES string of the molecule is N#Cc1cc(-n2c3ccc(C(F)(F)F)cc3c3cc(C(F)(F)F)ccc32)c(-c2ccccc2C(F)(F)F)c(-n2c3ccc(C(F)(F)F)cc3c3cc(C(F)(F)F)ccc32)c1. The second-order valence-corrected chi connectivity index (χ2v) is 13.6. The largest absolute Gasteiger partial charge is 0.417 e. The van der Waals surface area contributed by atoms with E-state index in [1.165, 1.54) is 6.07 Å². The average molecular weight is 850 g/mol. The molecule has 0 saturated carbocycles. The van der Waals surface area contributed by atoms with Crippen LogP contribution in [0.25, 0.3) is 66.1 Å². The maximum atomic E-state index is 15.0. The van der Waals surface area contributed by atoms with Crippen molar-refractivity contribution in [2.45, 2.75) is 30.9 Å². The van der Waals surface area contributed by atoms with Crippen LogP contribution >= 0.6 is 0 Å². The zero-order valence-electron chi connectivity index (χ0n) is 29.4. The Morgan fingerprint density at radius 3 is 0.983 bits per heavy atom. The van der Waals surface area contributed by atoms with Crippen LogP contribution in [-0.4, -0.2) is 9.13 Å². The number of rotatable bonds is 3. The van der Waals surface area contributed by atoms with Crippen LogP contribution in [0.2, 0.25) is 0 Å². The second-order valence-electron chi connectivity index (χ2n) is 13.6. The molecule has 0 aliphatic heterocycles. The third-order valence-corrected chi connectivity index (χ3v) is 10.0. The Morgan fingerprint density at radius 2 is 0.700 bits per heavy atom. The van der Waals surface area contributed by atoms with Crippen molar-refractivity contribution in [2.24, 2.45) is 0 Å². The fourth-order valence-corrected chi connectivity index (χ4v) is 7.52. The minimum atomic E-state index is -5.16. The standard InChI is InChI=1S/C42H18F15N3/c43-38(44,45)21-5-9-31-26(15-21)27-16-22(39(46,47)48)6-10-32(27)59(31)35-13-20(19-58)14-36(37(35)25-3-1-2-4-30(25)42(55,56)57)60-33-11-7-23(40(49,50)51)17-28(33)29-18-24(41(52,53)54)8-12-34(29)60/h1-18H. The molecule has 0 saturated heterocycles. The molecule has 8 aromatic rings. The van der Waals surface area contributed by atoms with E-state index < -0.39 is 103 Å². The van der Waals surface area contributed by atoms with Crippen LogP contribution in [0.4, 0.5) is 65.9 Å². The molecule has 0 aliphatic rings. The zero-order valence-corrected chi connectivity index (χ0v) is 29.4. The van der Waals surface area contributed by atoms with E-state index in [1.807, 2.05) is 6.07 Å². The fourth-order valence-electron chi connectivity index (χ4n) is 7.52. The van der Waals surface area contributed by atoms with Gasteiger partial charge in [-0.3, -0.25) is 0 Å². The second kappa shape index (κ2) is 13.2. The molecule has 6 aromatic carbocycles. The summed E-state index contributed by atoms with van der Waals surface area (Å²) in [5, 5.41) is 8.62. The van der Waals surface area contributed by atoms with E-state index in [1.54, 1.807) is 0 Å². The van der Waals surface area contributed by atoms with Crippen molar-refractivity contribution < 1.29 is 65.9 Å². The van der Waals surface area contributed by atoms with E-state index in [0.717, 1.165) is 57.7 Å². The van der Waals surface area contributed by atoms with Crippen LogP contribution in [0.15, 0.2) is 109 Å². The predicted octanol–water partition coefficient (Wildman–Crippen LogP) is 14.5. The van der Waals surface area contributed by atoms with E-state index in [2.05, 4.69) is 0 Å². The van der Waals surface area contributed by atoms with Crippen LogP contribution in [0.5, 0.6) is 0 Å². The summed E-state index contributed by atoms with van der Waals surface area (Å²) in [6, 6.07) is 15.8. The molecule has 0 atom stereocenters. The minimum Gasteiger partial charge on any atom is -0.308 e. The first-order valence-electron chi connectivity index (χ1n) is 17.1. The normalized spacial score (nSPS) is 13.2. The summed E-state index contributed by atoms with van der Waals surface area (Å²) in [5.41, 5.74) is -9.97. The monoisotopic (exact) mass is 849 g/mol. The Labute approximate surface area is 325 Å². The first-order chi connectivity index (χ1) is 27.9. The van der Waals surface area contributed by atoms with Crippen molar-refractivity contribution >= 4 is 43.6 Å². The van der Waals surface area contributed by atoms with Crippen molar-refractivity contribution in [3.8, 4) is 28.6 Å². The third kappa shape index (κ3) is 6.61. The number of aromatic nitrogens is 2. The third-order valence-electron chi connectivity index (χ3n) is 10.0. The van der Waals surface area contributed by atoms with Gasteiger partial charge in [-0.05, 0) is 96.6 Å². The van der Waals surface area contributed by atoms with Gasteiger partial charge in [0.05, 0.1) is 72.9 Å². The van der Waals surface area contributed by atoms with Crippen LogP contribution < -0.4 is 0 Å². The molecule has 0 N–H and O–H groups in total. The molecule has 0 aliphatic carbocycles. The summed E-state index contributed by atoms with van der Waals surface area (Å²) >= 11 is 0. The van der Waals surface area contributed by atoms with Crippen LogP contribution in [0.1, 0.15) is 33.4 Å². The molecule has 0 fully saturated rings. The van der Waals surface area contributed by atoms with Gasteiger partial charge in [-0.1, -0.05) is 18.2 Å². The molecule has 0 radical (unpaired) electrons. The Hall–Kier alpha value is -6.64.